The summed E-state index contributed by atoms with van der Waals surface area (Å²) in [5.41, 5.74) is 2.92. The number of rotatable bonds is 6. The lowest BCUT2D eigenvalue weighted by Gasteiger charge is -2.15. The Morgan fingerprint density at radius 2 is 2.04 bits per heavy atom. The summed E-state index contributed by atoms with van der Waals surface area (Å²) in [5.74, 6) is 0.309. The summed E-state index contributed by atoms with van der Waals surface area (Å²) in [5, 5.41) is 10.0. The first-order valence-electron chi connectivity index (χ1n) is 8.71. The van der Waals surface area contributed by atoms with Gasteiger partial charge in [-0.05, 0) is 49.8 Å². The molecule has 7 heteroatoms. The maximum atomic E-state index is 13.0. The molecule has 2 aromatic carbocycles. The third-order valence-electron chi connectivity index (χ3n) is 4.34. The molecule has 0 saturated carbocycles. The number of hydrogen-bond acceptors (Lipinski definition) is 3. The van der Waals surface area contributed by atoms with Gasteiger partial charge in [-0.25, -0.2) is 4.39 Å². The van der Waals surface area contributed by atoms with Crippen molar-refractivity contribution < 1.29 is 9.18 Å². The van der Waals surface area contributed by atoms with Gasteiger partial charge < -0.3 is 5.32 Å². The van der Waals surface area contributed by atoms with Crippen molar-refractivity contribution in [2.24, 2.45) is 0 Å². The number of amides is 1. The number of nitrogens with zero attached hydrogens (tertiary/aromatic N) is 2. The Morgan fingerprint density at radius 1 is 1.30 bits per heavy atom. The normalized spacial score (nSPS) is 12.0. The van der Waals surface area contributed by atoms with Crippen LogP contribution >= 0.6 is 12.2 Å². The number of carbonyl (C=O) groups excluding carboxylic acids is 1. The first kappa shape index (κ1) is 19.0. The molecule has 0 radical (unpaired) electrons. The van der Waals surface area contributed by atoms with Crippen LogP contribution in [0.25, 0.3) is 11.4 Å². The molecule has 2 N–H and O–H groups in total. The van der Waals surface area contributed by atoms with Crippen molar-refractivity contribution in [2.45, 2.75) is 32.9 Å². The number of aryl methyl sites for hydroxylation is 1. The lowest BCUT2D eigenvalue weighted by Crippen LogP contribution is -2.27. The van der Waals surface area contributed by atoms with Gasteiger partial charge in [0.15, 0.2) is 10.6 Å². The van der Waals surface area contributed by atoms with Crippen molar-refractivity contribution in [3.8, 4) is 11.4 Å². The SMILES string of the molecule is Cc1cccc(-c2n[nH]c(=S)n2CCC(=O)NC(C)c2ccc(F)cc2)c1. The molecule has 140 valence electrons. The van der Waals surface area contributed by atoms with E-state index >= 15 is 0 Å². The van der Waals surface area contributed by atoms with Gasteiger partial charge in [-0.3, -0.25) is 14.5 Å². The highest BCUT2D eigenvalue weighted by Crippen LogP contribution is 2.19. The van der Waals surface area contributed by atoms with Crippen molar-refractivity contribution in [3.63, 3.8) is 0 Å². The summed E-state index contributed by atoms with van der Waals surface area (Å²) >= 11 is 5.31. The van der Waals surface area contributed by atoms with E-state index in [-0.39, 0.29) is 24.2 Å². The van der Waals surface area contributed by atoms with Crippen molar-refractivity contribution in [1.82, 2.24) is 20.1 Å². The van der Waals surface area contributed by atoms with Crippen LogP contribution in [0.4, 0.5) is 4.39 Å². The van der Waals surface area contributed by atoms with Gasteiger partial charge >= 0.3 is 0 Å². The largest absolute Gasteiger partial charge is 0.350 e. The number of halogens is 1. The molecule has 0 spiro atoms. The Labute approximate surface area is 162 Å². The maximum absolute atomic E-state index is 13.0. The van der Waals surface area contributed by atoms with Crippen molar-refractivity contribution >= 4 is 18.1 Å². The number of aromatic amines is 1. The molecule has 0 fully saturated rings. The smallest absolute Gasteiger partial charge is 0.222 e. The number of benzene rings is 2. The van der Waals surface area contributed by atoms with Gasteiger partial charge in [0.25, 0.3) is 0 Å². The van der Waals surface area contributed by atoms with E-state index < -0.39 is 0 Å². The molecule has 5 nitrogen and oxygen atoms in total. The van der Waals surface area contributed by atoms with E-state index in [1.165, 1.54) is 12.1 Å². The Bertz CT molecular complexity index is 994. The molecule has 0 aliphatic heterocycles. The van der Waals surface area contributed by atoms with Crippen molar-refractivity contribution in [1.29, 1.82) is 0 Å². The highest BCUT2D eigenvalue weighted by Gasteiger charge is 2.13. The molecule has 3 aromatic rings. The zero-order valence-corrected chi connectivity index (χ0v) is 16.0. The Hall–Kier alpha value is -2.80. The van der Waals surface area contributed by atoms with E-state index in [4.69, 9.17) is 12.2 Å². The summed E-state index contributed by atoms with van der Waals surface area (Å²) < 4.78 is 15.3. The van der Waals surface area contributed by atoms with Crippen LogP contribution in [0.15, 0.2) is 48.5 Å². The Kier molecular flexibility index (Phi) is 5.81. The van der Waals surface area contributed by atoms with Crippen LogP contribution in [0.5, 0.6) is 0 Å². The second kappa shape index (κ2) is 8.26. The molecule has 0 saturated heterocycles. The summed E-state index contributed by atoms with van der Waals surface area (Å²) in [6, 6.07) is 13.9. The minimum absolute atomic E-state index is 0.106. The molecule has 0 aliphatic rings. The van der Waals surface area contributed by atoms with E-state index in [2.05, 4.69) is 15.5 Å². The zero-order valence-electron chi connectivity index (χ0n) is 15.2. The number of aromatic nitrogens is 3. The van der Waals surface area contributed by atoms with E-state index in [9.17, 15) is 9.18 Å². The van der Waals surface area contributed by atoms with Gasteiger partial charge in [-0.2, -0.15) is 5.10 Å². The predicted octanol–water partition coefficient (Wildman–Crippen LogP) is 4.32. The third-order valence-corrected chi connectivity index (χ3v) is 4.66. The van der Waals surface area contributed by atoms with Crippen molar-refractivity contribution in [3.05, 3.63) is 70.2 Å². The molecule has 1 unspecified atom stereocenters. The van der Waals surface area contributed by atoms with Crippen LogP contribution in [0.2, 0.25) is 0 Å². The van der Waals surface area contributed by atoms with Gasteiger partial charge in [0.05, 0.1) is 6.04 Å². The van der Waals surface area contributed by atoms with Gasteiger partial charge in [0, 0.05) is 18.5 Å². The summed E-state index contributed by atoms with van der Waals surface area (Å²) in [4.78, 5) is 12.3. The number of nitrogens with one attached hydrogen (secondary N) is 2. The standard InChI is InChI=1S/C20H21FN4OS/c1-13-4-3-5-16(12-13)19-23-24-20(27)25(19)11-10-18(26)22-14(2)15-6-8-17(21)9-7-15/h3-9,12,14H,10-11H2,1-2H3,(H,22,26)(H,24,27). The minimum atomic E-state index is -0.296. The van der Waals surface area contributed by atoms with Crippen molar-refractivity contribution in [2.75, 3.05) is 0 Å². The molecule has 27 heavy (non-hydrogen) atoms. The molecular weight excluding hydrogens is 363 g/mol. The van der Waals surface area contributed by atoms with Crippen LogP contribution < -0.4 is 5.32 Å². The molecule has 1 aromatic heterocycles. The summed E-state index contributed by atoms with van der Waals surface area (Å²) in [6.07, 6.45) is 0.262. The molecule has 0 aliphatic carbocycles. The third kappa shape index (κ3) is 4.68. The summed E-state index contributed by atoms with van der Waals surface area (Å²) in [7, 11) is 0. The highest BCUT2D eigenvalue weighted by atomic mass is 32.1. The fourth-order valence-electron chi connectivity index (χ4n) is 2.89. The van der Waals surface area contributed by atoms with Crippen LogP contribution in [-0.2, 0) is 11.3 Å². The van der Waals surface area contributed by atoms with Crippen LogP contribution in [0.3, 0.4) is 0 Å². The molecule has 3 rings (SSSR count). The number of carbonyl (C=O) groups is 1. The second-order valence-corrected chi connectivity index (χ2v) is 6.85. The second-order valence-electron chi connectivity index (χ2n) is 6.46. The van der Waals surface area contributed by atoms with Crippen LogP contribution in [0.1, 0.15) is 30.5 Å². The molecule has 0 bridgehead atoms. The average molecular weight is 384 g/mol. The average Bonchev–Trinajstić information content (AvgIpc) is 3.01. The number of H-pyrrole nitrogens is 1. The quantitative estimate of drug-likeness (QED) is 0.622. The first-order chi connectivity index (χ1) is 12.9. The lowest BCUT2D eigenvalue weighted by molar-refractivity contribution is -0.121. The monoisotopic (exact) mass is 384 g/mol. The lowest BCUT2D eigenvalue weighted by atomic mass is 10.1. The fourth-order valence-corrected chi connectivity index (χ4v) is 3.11. The van der Waals surface area contributed by atoms with Gasteiger partial charge in [-0.1, -0.05) is 35.9 Å². The minimum Gasteiger partial charge on any atom is -0.350 e. The molecule has 1 heterocycles. The van der Waals surface area contributed by atoms with Gasteiger partial charge in [-0.15, -0.1) is 0 Å². The molecule has 1 amide bonds. The highest BCUT2D eigenvalue weighted by molar-refractivity contribution is 7.71. The number of hydrogen-bond donors (Lipinski definition) is 2. The van der Waals surface area contributed by atoms with Crippen LogP contribution in [0, 0.1) is 17.5 Å². The Morgan fingerprint density at radius 3 is 2.74 bits per heavy atom. The fraction of sp³-hybridized carbons (Fsp3) is 0.250. The van der Waals surface area contributed by atoms with E-state index in [0.29, 0.717) is 17.1 Å². The predicted molar refractivity (Wildman–Crippen MR) is 105 cm³/mol. The van der Waals surface area contributed by atoms with E-state index in [1.807, 2.05) is 42.7 Å². The topological polar surface area (TPSA) is 62.7 Å². The van der Waals surface area contributed by atoms with Gasteiger partial charge in [0.2, 0.25) is 5.91 Å². The summed E-state index contributed by atoms with van der Waals surface area (Å²) in [6.45, 7) is 4.30. The van der Waals surface area contributed by atoms with Crippen LogP contribution in [-0.4, -0.2) is 20.7 Å². The first-order valence-corrected chi connectivity index (χ1v) is 9.12. The zero-order chi connectivity index (χ0) is 19.4. The van der Waals surface area contributed by atoms with Gasteiger partial charge in [0.1, 0.15) is 5.82 Å². The Balaban J connectivity index is 1.66. The maximum Gasteiger partial charge on any atom is 0.222 e. The molecule has 1 atom stereocenters. The van der Waals surface area contributed by atoms with E-state index in [1.54, 1.807) is 12.1 Å². The molecular formula is C20H21FN4OS. The van der Waals surface area contributed by atoms with E-state index in [0.717, 1.165) is 16.7 Å².